The van der Waals surface area contributed by atoms with Crippen LogP contribution in [0.3, 0.4) is 0 Å². The largest absolute Gasteiger partial charge is 0.497 e. The van der Waals surface area contributed by atoms with Gasteiger partial charge in [-0.1, -0.05) is 30.3 Å². The number of para-hydroxylation sites is 1. The molecule has 0 saturated heterocycles. The molecule has 7 nitrogen and oxygen atoms in total. The fourth-order valence-corrected chi connectivity index (χ4v) is 2.60. The number of rotatable bonds is 10. The van der Waals surface area contributed by atoms with Crippen molar-refractivity contribution < 1.29 is 14.3 Å². The van der Waals surface area contributed by atoms with Gasteiger partial charge in [0.1, 0.15) is 17.3 Å². The molecule has 29 heavy (non-hydrogen) atoms. The number of ether oxygens (including phenoxy) is 2. The first-order chi connectivity index (χ1) is 14.2. The summed E-state index contributed by atoms with van der Waals surface area (Å²) in [6, 6.07) is 20.8. The van der Waals surface area contributed by atoms with E-state index < -0.39 is 0 Å². The normalized spacial score (nSPS) is 10.2. The summed E-state index contributed by atoms with van der Waals surface area (Å²) in [7, 11) is 1.65. The van der Waals surface area contributed by atoms with Crippen molar-refractivity contribution in [3.8, 4) is 11.5 Å². The predicted octanol–water partition coefficient (Wildman–Crippen LogP) is 3.55. The number of aromatic nitrogens is 2. The lowest BCUT2D eigenvalue weighted by Crippen LogP contribution is -2.16. The number of anilines is 2. The first-order valence-electron chi connectivity index (χ1n) is 9.41. The van der Waals surface area contributed by atoms with Crippen LogP contribution >= 0.6 is 0 Å². The maximum atomic E-state index is 12.0. The Morgan fingerprint density at radius 2 is 1.62 bits per heavy atom. The molecule has 0 aliphatic rings. The summed E-state index contributed by atoms with van der Waals surface area (Å²) >= 11 is 0. The van der Waals surface area contributed by atoms with Gasteiger partial charge in [-0.15, -0.1) is 10.2 Å². The van der Waals surface area contributed by atoms with E-state index in [1.54, 1.807) is 19.2 Å². The summed E-state index contributed by atoms with van der Waals surface area (Å²) in [5, 5.41) is 14.1. The number of methoxy groups -OCH3 is 1. The number of nitrogens with zero attached hydrogens (tertiary/aromatic N) is 2. The van der Waals surface area contributed by atoms with Gasteiger partial charge in [0, 0.05) is 6.54 Å². The SMILES string of the molecule is COc1ccc(CCNc2ccc(NC(=O)CCOc3ccccc3)nn2)cc1. The van der Waals surface area contributed by atoms with Crippen LogP contribution in [-0.4, -0.2) is 36.4 Å². The zero-order chi connectivity index (χ0) is 20.3. The van der Waals surface area contributed by atoms with Gasteiger partial charge in [0.2, 0.25) is 5.91 Å². The Bertz CT molecular complexity index is 884. The minimum atomic E-state index is -0.171. The van der Waals surface area contributed by atoms with Crippen LogP contribution in [0, 0.1) is 0 Å². The van der Waals surface area contributed by atoms with Crippen LogP contribution in [0.25, 0.3) is 0 Å². The molecule has 3 aromatic rings. The van der Waals surface area contributed by atoms with E-state index in [1.807, 2.05) is 54.6 Å². The highest BCUT2D eigenvalue weighted by atomic mass is 16.5. The highest BCUT2D eigenvalue weighted by Gasteiger charge is 2.05. The molecule has 0 unspecified atom stereocenters. The third-order valence-corrected chi connectivity index (χ3v) is 4.15. The van der Waals surface area contributed by atoms with E-state index in [0.29, 0.717) is 18.2 Å². The predicted molar refractivity (Wildman–Crippen MR) is 112 cm³/mol. The molecule has 0 aliphatic carbocycles. The summed E-state index contributed by atoms with van der Waals surface area (Å²) in [5.74, 6) is 2.48. The number of hydrogen-bond acceptors (Lipinski definition) is 6. The van der Waals surface area contributed by atoms with Gasteiger partial charge in [-0.05, 0) is 48.4 Å². The number of carbonyl (C=O) groups is 1. The number of benzene rings is 2. The van der Waals surface area contributed by atoms with Crippen LogP contribution in [0.4, 0.5) is 11.6 Å². The zero-order valence-electron chi connectivity index (χ0n) is 16.3. The van der Waals surface area contributed by atoms with Gasteiger partial charge in [0.05, 0.1) is 20.1 Å². The second-order valence-corrected chi connectivity index (χ2v) is 6.29. The lowest BCUT2D eigenvalue weighted by atomic mass is 10.1. The smallest absolute Gasteiger partial charge is 0.229 e. The van der Waals surface area contributed by atoms with Crippen LogP contribution in [0.5, 0.6) is 11.5 Å². The van der Waals surface area contributed by atoms with Crippen molar-refractivity contribution in [2.75, 3.05) is 30.9 Å². The molecule has 7 heteroatoms. The third-order valence-electron chi connectivity index (χ3n) is 4.15. The maximum absolute atomic E-state index is 12.0. The van der Waals surface area contributed by atoms with Gasteiger partial charge in [0.25, 0.3) is 0 Å². The number of carbonyl (C=O) groups excluding carboxylic acids is 1. The number of amides is 1. The average Bonchev–Trinajstić information content (AvgIpc) is 2.76. The first kappa shape index (κ1) is 20.1. The minimum Gasteiger partial charge on any atom is -0.497 e. The van der Waals surface area contributed by atoms with Crippen molar-refractivity contribution in [2.24, 2.45) is 0 Å². The van der Waals surface area contributed by atoms with Crippen LogP contribution in [0.15, 0.2) is 66.7 Å². The van der Waals surface area contributed by atoms with Crippen molar-refractivity contribution in [3.05, 3.63) is 72.3 Å². The Balaban J connectivity index is 1.37. The van der Waals surface area contributed by atoms with Crippen LogP contribution < -0.4 is 20.1 Å². The summed E-state index contributed by atoms with van der Waals surface area (Å²) in [6.45, 7) is 1.03. The van der Waals surface area contributed by atoms with E-state index in [2.05, 4.69) is 20.8 Å². The number of nitrogens with one attached hydrogen (secondary N) is 2. The van der Waals surface area contributed by atoms with Gasteiger partial charge >= 0.3 is 0 Å². The molecule has 0 saturated carbocycles. The minimum absolute atomic E-state index is 0.171. The standard InChI is InChI=1S/C22H24N4O3/c1-28-18-9-7-17(8-10-18)13-15-23-20-11-12-21(26-25-20)24-22(27)14-16-29-19-5-3-2-4-6-19/h2-12H,13-16H2,1H3,(H,23,25)(H,24,26,27). The second kappa shape index (κ2) is 10.7. The molecule has 0 atom stereocenters. The molecule has 1 amide bonds. The molecule has 0 fully saturated rings. The van der Waals surface area contributed by atoms with E-state index >= 15 is 0 Å². The molecule has 0 aliphatic heterocycles. The Hall–Kier alpha value is -3.61. The molecule has 0 radical (unpaired) electrons. The Morgan fingerprint density at radius 3 is 2.31 bits per heavy atom. The molecule has 0 spiro atoms. The van der Waals surface area contributed by atoms with E-state index in [9.17, 15) is 4.79 Å². The Labute approximate surface area is 170 Å². The van der Waals surface area contributed by atoms with E-state index in [-0.39, 0.29) is 12.3 Å². The van der Waals surface area contributed by atoms with Gasteiger partial charge in [-0.2, -0.15) is 0 Å². The summed E-state index contributed by atoms with van der Waals surface area (Å²) in [6.07, 6.45) is 1.09. The monoisotopic (exact) mass is 392 g/mol. The zero-order valence-corrected chi connectivity index (χ0v) is 16.3. The second-order valence-electron chi connectivity index (χ2n) is 6.29. The quantitative estimate of drug-likeness (QED) is 0.549. The average molecular weight is 392 g/mol. The maximum Gasteiger partial charge on any atom is 0.229 e. The molecule has 1 heterocycles. The molecule has 2 N–H and O–H groups in total. The summed E-state index contributed by atoms with van der Waals surface area (Å²) in [5.41, 5.74) is 1.20. The molecule has 1 aromatic heterocycles. The lowest BCUT2D eigenvalue weighted by molar-refractivity contribution is -0.116. The van der Waals surface area contributed by atoms with Crippen molar-refractivity contribution >= 4 is 17.5 Å². The Morgan fingerprint density at radius 1 is 0.897 bits per heavy atom. The van der Waals surface area contributed by atoms with Crippen LogP contribution in [0.1, 0.15) is 12.0 Å². The molecular formula is C22H24N4O3. The van der Waals surface area contributed by atoms with E-state index in [4.69, 9.17) is 9.47 Å². The fraction of sp³-hybridized carbons (Fsp3) is 0.227. The molecule has 150 valence electrons. The summed E-state index contributed by atoms with van der Waals surface area (Å²) in [4.78, 5) is 12.0. The fourth-order valence-electron chi connectivity index (χ4n) is 2.60. The van der Waals surface area contributed by atoms with Gasteiger partial charge in [0.15, 0.2) is 5.82 Å². The van der Waals surface area contributed by atoms with Crippen molar-refractivity contribution in [2.45, 2.75) is 12.8 Å². The highest BCUT2D eigenvalue weighted by Crippen LogP contribution is 2.12. The summed E-state index contributed by atoms with van der Waals surface area (Å²) < 4.78 is 10.7. The molecule has 2 aromatic carbocycles. The lowest BCUT2D eigenvalue weighted by Gasteiger charge is -2.08. The number of hydrogen-bond donors (Lipinski definition) is 2. The molecular weight excluding hydrogens is 368 g/mol. The first-order valence-corrected chi connectivity index (χ1v) is 9.41. The van der Waals surface area contributed by atoms with Gasteiger partial charge in [-0.3, -0.25) is 4.79 Å². The van der Waals surface area contributed by atoms with E-state index in [1.165, 1.54) is 5.56 Å². The van der Waals surface area contributed by atoms with Crippen molar-refractivity contribution in [1.82, 2.24) is 10.2 Å². The van der Waals surface area contributed by atoms with Crippen LogP contribution in [-0.2, 0) is 11.2 Å². The Kier molecular flexibility index (Phi) is 7.40. The topological polar surface area (TPSA) is 85.4 Å². The highest BCUT2D eigenvalue weighted by molar-refractivity contribution is 5.89. The molecule has 3 rings (SSSR count). The molecule has 0 bridgehead atoms. The van der Waals surface area contributed by atoms with Crippen molar-refractivity contribution in [1.29, 1.82) is 0 Å². The van der Waals surface area contributed by atoms with E-state index in [0.717, 1.165) is 24.5 Å². The van der Waals surface area contributed by atoms with Crippen LogP contribution in [0.2, 0.25) is 0 Å². The third kappa shape index (κ3) is 6.80. The van der Waals surface area contributed by atoms with Gasteiger partial charge in [-0.25, -0.2) is 0 Å². The van der Waals surface area contributed by atoms with Crippen molar-refractivity contribution in [3.63, 3.8) is 0 Å². The van der Waals surface area contributed by atoms with Gasteiger partial charge < -0.3 is 20.1 Å².